The first-order chi connectivity index (χ1) is 18.5. The quantitative estimate of drug-likeness (QED) is 0.205. The van der Waals surface area contributed by atoms with Crippen molar-refractivity contribution in [3.05, 3.63) is 116 Å². The number of sulfonamides is 1. The Labute approximate surface area is 247 Å². The highest BCUT2D eigenvalue weighted by molar-refractivity contribution is 7.92. The summed E-state index contributed by atoms with van der Waals surface area (Å²) in [4.78, 5) is 13.1. The lowest BCUT2D eigenvalue weighted by molar-refractivity contribution is -0.114. The molecule has 0 aliphatic carbocycles. The topological polar surface area (TPSA) is 75.7 Å². The van der Waals surface area contributed by atoms with E-state index < -0.39 is 22.5 Å². The minimum atomic E-state index is -4.25. The molecule has 6 nitrogen and oxygen atoms in total. The highest BCUT2D eigenvalue weighted by Gasteiger charge is 2.30. The zero-order chi connectivity index (χ0) is 28.2. The van der Waals surface area contributed by atoms with Gasteiger partial charge in [0, 0.05) is 11.8 Å². The predicted molar refractivity (Wildman–Crippen MR) is 158 cm³/mol. The van der Waals surface area contributed by atoms with Crippen LogP contribution in [0.2, 0.25) is 20.1 Å². The van der Waals surface area contributed by atoms with E-state index in [0.29, 0.717) is 10.7 Å². The number of benzene rings is 4. The average Bonchev–Trinajstić information content (AvgIpc) is 2.90. The zero-order valence-electron chi connectivity index (χ0n) is 20.5. The van der Waals surface area contributed by atoms with Gasteiger partial charge in [-0.3, -0.25) is 9.10 Å². The van der Waals surface area contributed by atoms with E-state index in [0.717, 1.165) is 15.4 Å². The van der Waals surface area contributed by atoms with Gasteiger partial charge in [-0.25, -0.2) is 8.42 Å². The molecule has 0 saturated heterocycles. The van der Waals surface area contributed by atoms with Gasteiger partial charge < -0.3 is 10.1 Å². The Morgan fingerprint density at radius 2 is 1.51 bits per heavy atom. The van der Waals surface area contributed by atoms with Crippen LogP contribution < -0.4 is 14.4 Å². The molecule has 39 heavy (non-hydrogen) atoms. The van der Waals surface area contributed by atoms with E-state index in [1.807, 2.05) is 37.3 Å². The standard InChI is InChI=1S/C28H22Cl4N2O4S/c1-18-7-10-21(11-8-18)39(36,37)34(16-28(35)33-20-9-12-22(29)23(30)13-20)26-15-27(25(32)14-24(26)31)38-17-19-5-3-2-4-6-19/h2-15H,16-17H2,1H3,(H,33,35). The van der Waals surface area contributed by atoms with Gasteiger partial charge in [-0.15, -0.1) is 0 Å². The van der Waals surface area contributed by atoms with E-state index in [9.17, 15) is 13.2 Å². The number of hydrogen-bond acceptors (Lipinski definition) is 4. The number of halogens is 4. The molecule has 0 unspecified atom stereocenters. The minimum absolute atomic E-state index is 0.0186. The van der Waals surface area contributed by atoms with Crippen LogP contribution >= 0.6 is 46.4 Å². The smallest absolute Gasteiger partial charge is 0.264 e. The third kappa shape index (κ3) is 7.18. The Hall–Kier alpha value is -2.94. The molecule has 4 aromatic carbocycles. The van der Waals surface area contributed by atoms with Crippen LogP contribution in [-0.4, -0.2) is 20.9 Å². The summed E-state index contributed by atoms with van der Waals surface area (Å²) in [6.45, 7) is 1.42. The molecular formula is C28H22Cl4N2O4S. The SMILES string of the molecule is Cc1ccc(S(=O)(=O)N(CC(=O)Nc2ccc(Cl)c(Cl)c2)c2cc(OCc3ccccc3)c(Cl)cc2Cl)cc1. The van der Waals surface area contributed by atoms with Crippen LogP contribution in [0.5, 0.6) is 5.75 Å². The summed E-state index contributed by atoms with van der Waals surface area (Å²) in [5.41, 5.74) is 2.12. The number of hydrogen-bond donors (Lipinski definition) is 1. The van der Waals surface area contributed by atoms with Gasteiger partial charge in [-0.2, -0.15) is 0 Å². The van der Waals surface area contributed by atoms with E-state index in [1.165, 1.54) is 36.4 Å². The van der Waals surface area contributed by atoms with Gasteiger partial charge in [-0.05, 0) is 48.9 Å². The van der Waals surface area contributed by atoms with Crippen molar-refractivity contribution in [1.82, 2.24) is 0 Å². The fourth-order valence-corrected chi connectivity index (χ4v) is 5.92. The minimum Gasteiger partial charge on any atom is -0.487 e. The van der Waals surface area contributed by atoms with Gasteiger partial charge in [0.15, 0.2) is 0 Å². The summed E-state index contributed by atoms with van der Waals surface area (Å²) in [5.74, 6) is -0.434. The van der Waals surface area contributed by atoms with Crippen molar-refractivity contribution in [1.29, 1.82) is 0 Å². The Bertz CT molecular complexity index is 1600. The lowest BCUT2D eigenvalue weighted by atomic mass is 10.2. The maximum Gasteiger partial charge on any atom is 0.264 e. The normalized spacial score (nSPS) is 11.2. The molecule has 0 fully saturated rings. The molecule has 0 spiro atoms. The van der Waals surface area contributed by atoms with Crippen molar-refractivity contribution in [2.75, 3.05) is 16.2 Å². The summed E-state index contributed by atoms with van der Waals surface area (Å²) in [7, 11) is -4.25. The molecule has 1 amide bonds. The number of carbonyl (C=O) groups excluding carboxylic acids is 1. The molecule has 0 aliphatic rings. The summed E-state index contributed by atoms with van der Waals surface area (Å²) in [6, 6.07) is 23.0. The number of rotatable bonds is 9. The molecule has 0 bridgehead atoms. The fourth-order valence-electron chi connectivity index (χ4n) is 3.60. The predicted octanol–water partition coefficient (Wildman–Crippen LogP) is 8.02. The van der Waals surface area contributed by atoms with Crippen molar-refractivity contribution in [2.24, 2.45) is 0 Å². The van der Waals surface area contributed by atoms with E-state index in [-0.39, 0.29) is 38.0 Å². The van der Waals surface area contributed by atoms with Crippen LogP contribution in [0.3, 0.4) is 0 Å². The van der Waals surface area contributed by atoms with Crippen LogP contribution in [0.4, 0.5) is 11.4 Å². The van der Waals surface area contributed by atoms with Gasteiger partial charge >= 0.3 is 0 Å². The lowest BCUT2D eigenvalue weighted by Gasteiger charge is -2.26. The molecule has 0 radical (unpaired) electrons. The number of nitrogens with one attached hydrogen (secondary N) is 1. The molecular weight excluding hydrogens is 602 g/mol. The summed E-state index contributed by atoms with van der Waals surface area (Å²) in [6.07, 6.45) is 0. The van der Waals surface area contributed by atoms with E-state index in [2.05, 4.69) is 5.32 Å². The molecule has 202 valence electrons. The molecule has 0 atom stereocenters. The number of amides is 1. The number of anilines is 2. The Kier molecular flexibility index (Phi) is 9.31. The van der Waals surface area contributed by atoms with Crippen LogP contribution in [0, 0.1) is 6.92 Å². The molecule has 4 rings (SSSR count). The van der Waals surface area contributed by atoms with Gasteiger partial charge in [0.25, 0.3) is 10.0 Å². The molecule has 1 N–H and O–H groups in total. The van der Waals surface area contributed by atoms with Gasteiger partial charge in [0.05, 0.1) is 30.7 Å². The third-order valence-electron chi connectivity index (χ3n) is 5.61. The van der Waals surface area contributed by atoms with Gasteiger partial charge in [0.1, 0.15) is 18.9 Å². The second kappa shape index (κ2) is 12.5. The highest BCUT2D eigenvalue weighted by Crippen LogP contribution is 2.39. The van der Waals surface area contributed by atoms with Crippen LogP contribution in [0.15, 0.2) is 89.8 Å². The number of carbonyl (C=O) groups is 1. The van der Waals surface area contributed by atoms with E-state index in [4.69, 9.17) is 51.1 Å². The van der Waals surface area contributed by atoms with Crippen LogP contribution in [-0.2, 0) is 21.4 Å². The van der Waals surface area contributed by atoms with Crippen molar-refractivity contribution in [3.8, 4) is 5.75 Å². The van der Waals surface area contributed by atoms with Gasteiger partial charge in [0.2, 0.25) is 5.91 Å². The summed E-state index contributed by atoms with van der Waals surface area (Å²) >= 11 is 24.9. The Balaban J connectivity index is 1.71. The van der Waals surface area contributed by atoms with Crippen LogP contribution in [0.25, 0.3) is 0 Å². The zero-order valence-corrected chi connectivity index (χ0v) is 24.3. The third-order valence-corrected chi connectivity index (χ3v) is 8.72. The van der Waals surface area contributed by atoms with Crippen molar-refractivity contribution in [3.63, 3.8) is 0 Å². The molecule has 11 heteroatoms. The first-order valence-corrected chi connectivity index (χ1v) is 14.5. The lowest BCUT2D eigenvalue weighted by Crippen LogP contribution is -2.38. The first kappa shape index (κ1) is 29.1. The maximum absolute atomic E-state index is 13.8. The first-order valence-electron chi connectivity index (χ1n) is 11.5. The largest absolute Gasteiger partial charge is 0.487 e. The molecule has 0 saturated carbocycles. The molecule has 0 aliphatic heterocycles. The van der Waals surface area contributed by atoms with Gasteiger partial charge in [-0.1, -0.05) is 94.4 Å². The number of ether oxygens (including phenoxy) is 1. The van der Waals surface area contributed by atoms with Crippen molar-refractivity contribution in [2.45, 2.75) is 18.4 Å². The summed E-state index contributed by atoms with van der Waals surface area (Å²) in [5, 5.41) is 3.40. The van der Waals surface area contributed by atoms with Crippen LogP contribution in [0.1, 0.15) is 11.1 Å². The van der Waals surface area contributed by atoms with E-state index >= 15 is 0 Å². The average molecular weight is 624 g/mol. The second-order valence-electron chi connectivity index (χ2n) is 8.51. The monoisotopic (exact) mass is 622 g/mol. The molecule has 0 heterocycles. The fraction of sp³-hybridized carbons (Fsp3) is 0.107. The van der Waals surface area contributed by atoms with Crippen molar-refractivity contribution >= 4 is 73.7 Å². The highest BCUT2D eigenvalue weighted by atomic mass is 35.5. The Morgan fingerprint density at radius 3 is 2.18 bits per heavy atom. The number of nitrogens with zero attached hydrogens (tertiary/aromatic N) is 1. The van der Waals surface area contributed by atoms with Crippen molar-refractivity contribution < 1.29 is 17.9 Å². The summed E-state index contributed by atoms with van der Waals surface area (Å²) < 4.78 is 34.5. The van der Waals surface area contributed by atoms with E-state index in [1.54, 1.807) is 18.2 Å². The Morgan fingerprint density at radius 1 is 0.821 bits per heavy atom. The number of aryl methyl sites for hydroxylation is 1. The molecule has 0 aromatic heterocycles. The maximum atomic E-state index is 13.8. The molecule has 4 aromatic rings. The second-order valence-corrected chi connectivity index (χ2v) is 12.0.